The van der Waals surface area contributed by atoms with Crippen LogP contribution in [-0.4, -0.2) is 38.8 Å². The predicted octanol–water partition coefficient (Wildman–Crippen LogP) is 3.47. The number of hydrazone groups is 1. The number of hydrogen-bond acceptors (Lipinski definition) is 6. The second-order valence-electron chi connectivity index (χ2n) is 7.39. The lowest BCUT2D eigenvalue weighted by molar-refractivity contribution is -0.120. The molecule has 8 heteroatoms. The Hall–Kier alpha value is -4.33. The highest BCUT2D eigenvalue weighted by Crippen LogP contribution is 2.27. The van der Waals surface area contributed by atoms with Crippen LogP contribution in [0.25, 0.3) is 0 Å². The number of nitrogens with one attached hydrogen (secondary N) is 2. The summed E-state index contributed by atoms with van der Waals surface area (Å²) in [7, 11) is 2.99. The molecule has 0 saturated heterocycles. The third kappa shape index (κ3) is 7.09. The fraction of sp³-hybridized carbons (Fsp3) is 0.192. The third-order valence-corrected chi connectivity index (χ3v) is 4.83. The summed E-state index contributed by atoms with van der Waals surface area (Å²) in [5.41, 5.74) is 5.81. The SMILES string of the molecule is COc1ccc(C(=O)NCC(=O)NN=Cc2ccc(OCc3cccc(C)c3)cc2)cc1OC. The van der Waals surface area contributed by atoms with E-state index in [-0.39, 0.29) is 6.54 Å². The summed E-state index contributed by atoms with van der Waals surface area (Å²) in [5.74, 6) is 0.804. The predicted molar refractivity (Wildman–Crippen MR) is 130 cm³/mol. The van der Waals surface area contributed by atoms with Crippen molar-refractivity contribution < 1.29 is 23.8 Å². The number of hydrogen-bond donors (Lipinski definition) is 2. The molecule has 0 fully saturated rings. The van der Waals surface area contributed by atoms with Crippen LogP contribution in [0.1, 0.15) is 27.0 Å². The number of carbonyl (C=O) groups is 2. The van der Waals surface area contributed by atoms with E-state index in [0.717, 1.165) is 16.9 Å². The Labute approximate surface area is 198 Å². The molecule has 0 aliphatic carbocycles. The third-order valence-electron chi connectivity index (χ3n) is 4.83. The van der Waals surface area contributed by atoms with Crippen molar-refractivity contribution in [3.8, 4) is 17.2 Å². The molecule has 0 aliphatic rings. The second-order valence-corrected chi connectivity index (χ2v) is 7.39. The molecule has 0 saturated carbocycles. The standard InChI is InChI=1S/C26H27N3O5/c1-18-5-4-6-20(13-18)17-34-22-10-7-19(8-11-22)15-28-29-25(30)16-27-26(31)21-9-12-23(32-2)24(14-21)33-3/h4-15H,16-17H2,1-3H3,(H,27,31)(H,29,30). The van der Waals surface area contributed by atoms with Crippen molar-refractivity contribution in [2.45, 2.75) is 13.5 Å². The Bertz CT molecular complexity index is 1160. The highest BCUT2D eigenvalue weighted by Gasteiger charge is 2.11. The smallest absolute Gasteiger partial charge is 0.259 e. The van der Waals surface area contributed by atoms with Crippen molar-refractivity contribution in [1.82, 2.24) is 10.7 Å². The van der Waals surface area contributed by atoms with E-state index < -0.39 is 11.8 Å². The molecule has 0 atom stereocenters. The van der Waals surface area contributed by atoms with Crippen LogP contribution in [-0.2, 0) is 11.4 Å². The molecule has 8 nitrogen and oxygen atoms in total. The van der Waals surface area contributed by atoms with Crippen LogP contribution in [0.3, 0.4) is 0 Å². The van der Waals surface area contributed by atoms with Gasteiger partial charge in [-0.3, -0.25) is 9.59 Å². The summed E-state index contributed by atoms with van der Waals surface area (Å²) in [6, 6.07) is 20.2. The number of carbonyl (C=O) groups excluding carboxylic acids is 2. The minimum atomic E-state index is -0.455. The van der Waals surface area contributed by atoms with Gasteiger partial charge in [-0.05, 0) is 60.5 Å². The second kappa shape index (κ2) is 12.1. The van der Waals surface area contributed by atoms with Gasteiger partial charge < -0.3 is 19.5 Å². The Kier molecular flexibility index (Phi) is 8.62. The molecule has 0 bridgehead atoms. The number of nitrogens with zero attached hydrogens (tertiary/aromatic N) is 1. The number of ether oxygens (including phenoxy) is 3. The zero-order chi connectivity index (χ0) is 24.3. The zero-order valence-corrected chi connectivity index (χ0v) is 19.3. The molecular weight excluding hydrogens is 434 g/mol. The lowest BCUT2D eigenvalue weighted by atomic mass is 10.1. The van der Waals surface area contributed by atoms with E-state index in [0.29, 0.717) is 23.7 Å². The van der Waals surface area contributed by atoms with Crippen molar-refractivity contribution in [2.75, 3.05) is 20.8 Å². The molecule has 0 heterocycles. The first-order valence-electron chi connectivity index (χ1n) is 10.6. The van der Waals surface area contributed by atoms with Gasteiger partial charge in [0, 0.05) is 5.56 Å². The van der Waals surface area contributed by atoms with E-state index in [1.54, 1.807) is 18.2 Å². The van der Waals surface area contributed by atoms with Crippen LogP contribution in [0.4, 0.5) is 0 Å². The van der Waals surface area contributed by atoms with Crippen molar-refractivity contribution >= 4 is 18.0 Å². The molecule has 0 aliphatic heterocycles. The summed E-state index contributed by atoms with van der Waals surface area (Å²) >= 11 is 0. The molecule has 2 N–H and O–H groups in total. The van der Waals surface area contributed by atoms with Crippen molar-refractivity contribution in [3.05, 3.63) is 89.0 Å². The quantitative estimate of drug-likeness (QED) is 0.356. The Morgan fingerprint density at radius 3 is 2.41 bits per heavy atom. The Balaban J connectivity index is 1.43. The van der Waals surface area contributed by atoms with Gasteiger partial charge in [0.05, 0.1) is 27.0 Å². The first-order valence-corrected chi connectivity index (χ1v) is 10.6. The van der Waals surface area contributed by atoms with Gasteiger partial charge in [-0.1, -0.05) is 29.8 Å². The average molecular weight is 462 g/mol. The fourth-order valence-electron chi connectivity index (χ4n) is 3.08. The highest BCUT2D eigenvalue weighted by molar-refractivity contribution is 5.97. The van der Waals surface area contributed by atoms with E-state index >= 15 is 0 Å². The summed E-state index contributed by atoms with van der Waals surface area (Å²) in [5, 5.41) is 6.46. The van der Waals surface area contributed by atoms with Gasteiger partial charge in [0.1, 0.15) is 12.4 Å². The van der Waals surface area contributed by atoms with E-state index in [9.17, 15) is 9.59 Å². The molecule has 176 valence electrons. The molecule has 3 aromatic carbocycles. The largest absolute Gasteiger partial charge is 0.493 e. The maximum atomic E-state index is 12.3. The van der Waals surface area contributed by atoms with Gasteiger partial charge in [-0.15, -0.1) is 0 Å². The molecule has 0 unspecified atom stereocenters. The average Bonchev–Trinajstić information content (AvgIpc) is 2.86. The fourth-order valence-corrected chi connectivity index (χ4v) is 3.08. The van der Waals surface area contributed by atoms with E-state index in [1.165, 1.54) is 26.0 Å². The first kappa shape index (κ1) is 24.3. The highest BCUT2D eigenvalue weighted by atomic mass is 16.5. The van der Waals surface area contributed by atoms with E-state index in [1.807, 2.05) is 49.4 Å². The van der Waals surface area contributed by atoms with Crippen LogP contribution in [0.15, 0.2) is 71.8 Å². The molecule has 0 spiro atoms. The normalized spacial score (nSPS) is 10.6. The van der Waals surface area contributed by atoms with Gasteiger partial charge in [0.25, 0.3) is 11.8 Å². The van der Waals surface area contributed by atoms with Gasteiger partial charge in [-0.2, -0.15) is 5.10 Å². The van der Waals surface area contributed by atoms with Crippen LogP contribution in [0, 0.1) is 6.92 Å². The van der Waals surface area contributed by atoms with Gasteiger partial charge >= 0.3 is 0 Å². The summed E-state index contributed by atoms with van der Waals surface area (Å²) < 4.78 is 16.1. The van der Waals surface area contributed by atoms with E-state index in [4.69, 9.17) is 14.2 Å². The molecule has 0 radical (unpaired) electrons. The topological polar surface area (TPSA) is 98.2 Å². The Morgan fingerprint density at radius 1 is 0.941 bits per heavy atom. The monoisotopic (exact) mass is 461 g/mol. The van der Waals surface area contributed by atoms with Gasteiger partial charge in [-0.25, -0.2) is 5.43 Å². The Morgan fingerprint density at radius 2 is 1.71 bits per heavy atom. The molecule has 3 aromatic rings. The van der Waals surface area contributed by atoms with Crippen LogP contribution < -0.4 is 25.0 Å². The molecule has 0 aromatic heterocycles. The lowest BCUT2D eigenvalue weighted by Crippen LogP contribution is -2.34. The number of methoxy groups -OCH3 is 2. The van der Waals surface area contributed by atoms with Crippen molar-refractivity contribution in [2.24, 2.45) is 5.10 Å². The van der Waals surface area contributed by atoms with Crippen LogP contribution in [0.2, 0.25) is 0 Å². The number of aryl methyl sites for hydroxylation is 1. The first-order chi connectivity index (χ1) is 16.5. The van der Waals surface area contributed by atoms with E-state index in [2.05, 4.69) is 21.9 Å². The van der Waals surface area contributed by atoms with Crippen LogP contribution >= 0.6 is 0 Å². The molecular formula is C26H27N3O5. The van der Waals surface area contributed by atoms with Crippen molar-refractivity contribution in [1.29, 1.82) is 0 Å². The zero-order valence-electron chi connectivity index (χ0n) is 19.3. The number of rotatable bonds is 10. The maximum Gasteiger partial charge on any atom is 0.259 e. The molecule has 2 amide bonds. The molecule has 3 rings (SSSR count). The number of benzene rings is 3. The summed E-state index contributed by atoms with van der Waals surface area (Å²) in [6.45, 7) is 2.30. The lowest BCUT2D eigenvalue weighted by Gasteiger charge is -2.09. The van der Waals surface area contributed by atoms with Crippen LogP contribution in [0.5, 0.6) is 17.2 Å². The van der Waals surface area contributed by atoms with Crippen molar-refractivity contribution in [3.63, 3.8) is 0 Å². The minimum absolute atomic E-state index is 0.226. The van der Waals surface area contributed by atoms with Gasteiger partial charge in [0.15, 0.2) is 11.5 Å². The summed E-state index contributed by atoms with van der Waals surface area (Å²) in [6.07, 6.45) is 1.51. The number of amides is 2. The minimum Gasteiger partial charge on any atom is -0.493 e. The molecule has 34 heavy (non-hydrogen) atoms. The summed E-state index contributed by atoms with van der Waals surface area (Å²) in [4.78, 5) is 24.3. The van der Waals surface area contributed by atoms with Gasteiger partial charge in [0.2, 0.25) is 0 Å². The maximum absolute atomic E-state index is 12.3.